The summed E-state index contributed by atoms with van der Waals surface area (Å²) >= 11 is 5.38. The smallest absolute Gasteiger partial charge is 0.258 e. The second kappa shape index (κ2) is 7.04. The minimum absolute atomic E-state index is 0.0515. The van der Waals surface area contributed by atoms with E-state index < -0.39 is 15.8 Å². The molecule has 10 heteroatoms. The fourth-order valence-electron chi connectivity index (χ4n) is 0.952. The summed E-state index contributed by atoms with van der Waals surface area (Å²) in [4.78, 5) is 25.4. The Labute approximate surface area is 116 Å². The molecule has 0 unspecified atom stereocenters. The minimum Gasteiger partial charge on any atom is -0.258 e. The van der Waals surface area contributed by atoms with Gasteiger partial charge in [0.2, 0.25) is 5.95 Å². The predicted molar refractivity (Wildman–Crippen MR) is 66.8 cm³/mol. The summed E-state index contributed by atoms with van der Waals surface area (Å²) in [5.41, 5.74) is -0.259. The molecule has 8 nitrogen and oxygen atoms in total. The number of nitrogens with zero attached hydrogens (tertiary/aromatic N) is 4. The van der Waals surface area contributed by atoms with Crippen LogP contribution in [0.5, 0.6) is 0 Å². The molecule has 20 heavy (non-hydrogen) atoms. The third kappa shape index (κ3) is 4.90. The third-order valence-electron chi connectivity index (χ3n) is 1.85. The number of aromatic nitrogens is 2. The van der Waals surface area contributed by atoms with Gasteiger partial charge in [-0.1, -0.05) is 11.6 Å². The van der Waals surface area contributed by atoms with Crippen LogP contribution in [-0.4, -0.2) is 19.8 Å². The molecule has 0 atom stereocenters. The van der Waals surface area contributed by atoms with Crippen LogP contribution >= 0.6 is 11.6 Å². The highest BCUT2D eigenvalue weighted by Gasteiger charge is 2.03. The van der Waals surface area contributed by atoms with Gasteiger partial charge in [0.25, 0.3) is 11.4 Å². The first-order chi connectivity index (χ1) is 9.40. The molecule has 0 fully saturated rings. The van der Waals surface area contributed by atoms with Crippen LogP contribution in [0.2, 0.25) is 5.15 Å². The normalized spacial score (nSPS) is 9.30. The molecule has 0 N–H and O–H groups in total. The van der Waals surface area contributed by atoms with Gasteiger partial charge in [0.15, 0.2) is 0 Å². The maximum absolute atomic E-state index is 12.0. The van der Waals surface area contributed by atoms with Gasteiger partial charge in [-0.2, -0.15) is 4.39 Å². The lowest BCUT2D eigenvalue weighted by Gasteiger charge is -1.88. The lowest BCUT2D eigenvalue weighted by molar-refractivity contribution is -0.385. The van der Waals surface area contributed by atoms with E-state index in [1.165, 1.54) is 12.1 Å². The lowest BCUT2D eigenvalue weighted by Crippen LogP contribution is -1.89. The number of halogens is 2. The highest BCUT2D eigenvalue weighted by Crippen LogP contribution is 2.11. The standard InChI is InChI=1S/C5H3ClN2O2.C5H3FN2O2/c2*6-5-2-1-4(3-7-5)8(9)10/h2*1-3H. The molecule has 0 spiro atoms. The van der Waals surface area contributed by atoms with Crippen molar-refractivity contribution in [1.82, 2.24) is 9.97 Å². The fourth-order valence-corrected chi connectivity index (χ4v) is 1.06. The van der Waals surface area contributed by atoms with E-state index in [0.717, 1.165) is 24.5 Å². The fraction of sp³-hybridized carbons (Fsp3) is 0. The van der Waals surface area contributed by atoms with E-state index in [1.807, 2.05) is 0 Å². The summed E-state index contributed by atoms with van der Waals surface area (Å²) in [7, 11) is 0. The number of nitro groups is 2. The monoisotopic (exact) mass is 300 g/mol. The zero-order valence-electron chi connectivity index (χ0n) is 9.64. The molecule has 0 aliphatic carbocycles. The van der Waals surface area contributed by atoms with Crippen LogP contribution in [0, 0.1) is 26.2 Å². The van der Waals surface area contributed by atoms with Crippen LogP contribution in [0.3, 0.4) is 0 Å². The molecule has 0 saturated heterocycles. The minimum atomic E-state index is -0.717. The van der Waals surface area contributed by atoms with Gasteiger partial charge in [0.1, 0.15) is 17.5 Å². The first-order valence-corrected chi connectivity index (χ1v) is 5.30. The zero-order valence-corrected chi connectivity index (χ0v) is 10.4. The Bertz CT molecular complexity index is 550. The third-order valence-corrected chi connectivity index (χ3v) is 2.07. The van der Waals surface area contributed by atoms with Gasteiger partial charge >= 0.3 is 0 Å². The summed E-state index contributed by atoms with van der Waals surface area (Å²) in [6.45, 7) is 0. The average molecular weight is 301 g/mol. The second-order valence-corrected chi connectivity index (χ2v) is 3.58. The van der Waals surface area contributed by atoms with Crippen molar-refractivity contribution in [3.63, 3.8) is 0 Å². The van der Waals surface area contributed by atoms with Gasteiger partial charge in [-0.15, -0.1) is 0 Å². The molecule has 0 saturated carbocycles. The van der Waals surface area contributed by atoms with Crippen molar-refractivity contribution in [2.45, 2.75) is 0 Å². The molecular weight excluding hydrogens is 295 g/mol. The SMILES string of the molecule is O=[N+]([O-])c1ccc(Cl)nc1.O=[N+]([O-])c1ccc(F)nc1. The van der Waals surface area contributed by atoms with Gasteiger partial charge < -0.3 is 0 Å². The van der Waals surface area contributed by atoms with E-state index in [0.29, 0.717) is 0 Å². The Kier molecular flexibility index (Phi) is 5.42. The van der Waals surface area contributed by atoms with Gasteiger partial charge in [0.05, 0.1) is 9.85 Å². The van der Waals surface area contributed by atoms with E-state index in [4.69, 9.17) is 11.6 Å². The van der Waals surface area contributed by atoms with Crippen molar-refractivity contribution in [2.75, 3.05) is 0 Å². The van der Waals surface area contributed by atoms with Crippen LogP contribution in [0.15, 0.2) is 36.7 Å². The Balaban J connectivity index is 0.000000200. The summed E-state index contributed by atoms with van der Waals surface area (Å²) in [6, 6.07) is 4.68. The van der Waals surface area contributed by atoms with E-state index in [-0.39, 0.29) is 16.5 Å². The molecular formula is C10H6ClFN4O4. The predicted octanol–water partition coefficient (Wildman–Crippen LogP) is 2.77. The molecule has 0 aromatic carbocycles. The van der Waals surface area contributed by atoms with Crippen molar-refractivity contribution in [2.24, 2.45) is 0 Å². The summed E-state index contributed by atoms with van der Waals surface area (Å²) < 4.78 is 12.0. The molecule has 104 valence electrons. The summed E-state index contributed by atoms with van der Waals surface area (Å²) in [5.74, 6) is -0.717. The molecule has 0 bridgehead atoms. The maximum atomic E-state index is 12.0. The Morgan fingerprint density at radius 2 is 1.45 bits per heavy atom. The molecule has 2 aromatic rings. The summed E-state index contributed by atoms with van der Waals surface area (Å²) in [5, 5.41) is 20.2. The van der Waals surface area contributed by atoms with Gasteiger partial charge in [-0.25, -0.2) is 9.97 Å². The largest absolute Gasteiger partial charge is 0.287 e. The Morgan fingerprint density at radius 1 is 0.950 bits per heavy atom. The first kappa shape index (κ1) is 15.4. The molecule has 0 amide bonds. The molecule has 2 rings (SSSR count). The van der Waals surface area contributed by atoms with Crippen LogP contribution in [0.1, 0.15) is 0 Å². The molecule has 0 aliphatic rings. The Hall–Kier alpha value is -2.68. The highest BCUT2D eigenvalue weighted by molar-refractivity contribution is 6.29. The van der Waals surface area contributed by atoms with E-state index in [1.54, 1.807) is 0 Å². The van der Waals surface area contributed by atoms with E-state index >= 15 is 0 Å². The number of hydrogen-bond donors (Lipinski definition) is 0. The Morgan fingerprint density at radius 3 is 1.80 bits per heavy atom. The van der Waals surface area contributed by atoms with E-state index in [9.17, 15) is 24.6 Å². The van der Waals surface area contributed by atoms with Crippen molar-refractivity contribution < 1.29 is 14.2 Å². The molecule has 2 aromatic heterocycles. The van der Waals surface area contributed by atoms with Gasteiger partial charge in [-0.3, -0.25) is 20.2 Å². The maximum Gasteiger partial charge on any atom is 0.287 e. The van der Waals surface area contributed by atoms with Crippen LogP contribution in [-0.2, 0) is 0 Å². The van der Waals surface area contributed by atoms with Crippen LogP contribution < -0.4 is 0 Å². The number of hydrogen-bond acceptors (Lipinski definition) is 6. The van der Waals surface area contributed by atoms with Crippen molar-refractivity contribution in [3.8, 4) is 0 Å². The average Bonchev–Trinajstić information content (AvgIpc) is 2.40. The summed E-state index contributed by atoms with van der Waals surface area (Å²) in [6.07, 6.45) is 1.98. The van der Waals surface area contributed by atoms with Gasteiger partial charge in [0, 0.05) is 12.1 Å². The number of rotatable bonds is 2. The topological polar surface area (TPSA) is 112 Å². The quantitative estimate of drug-likeness (QED) is 0.479. The molecule has 2 heterocycles. The zero-order chi connectivity index (χ0) is 15.1. The lowest BCUT2D eigenvalue weighted by atomic mass is 10.4. The highest BCUT2D eigenvalue weighted by atomic mass is 35.5. The van der Waals surface area contributed by atoms with Crippen molar-refractivity contribution >= 4 is 23.0 Å². The molecule has 0 radical (unpaired) electrons. The van der Waals surface area contributed by atoms with Crippen molar-refractivity contribution in [1.29, 1.82) is 0 Å². The van der Waals surface area contributed by atoms with Crippen LogP contribution in [0.4, 0.5) is 15.8 Å². The first-order valence-electron chi connectivity index (χ1n) is 4.92. The number of pyridine rings is 2. The van der Waals surface area contributed by atoms with Gasteiger partial charge in [-0.05, 0) is 12.1 Å². The van der Waals surface area contributed by atoms with Crippen molar-refractivity contribution in [3.05, 3.63) is 68.0 Å². The second-order valence-electron chi connectivity index (χ2n) is 3.19. The van der Waals surface area contributed by atoms with Crippen LogP contribution in [0.25, 0.3) is 0 Å². The van der Waals surface area contributed by atoms with E-state index in [2.05, 4.69) is 9.97 Å². The molecule has 0 aliphatic heterocycles.